The molecule has 1 N–H and O–H groups in total. The highest BCUT2D eigenvalue weighted by Gasteiger charge is 2.15. The first-order valence-electron chi connectivity index (χ1n) is 13.0. The Hall–Kier alpha value is -4.44. The van der Waals surface area contributed by atoms with Crippen LogP contribution in [0.5, 0.6) is 5.75 Å². The first-order chi connectivity index (χ1) is 19.3. The SMILES string of the molecule is CCOC(=O)/C=c1\s/c(=C\c2cn(-c3ccccc3)nc2-c2ccc(OC)cc2)c(=O)n1CC(=O)N[C@H](C)CC. The second-order valence-corrected chi connectivity index (χ2v) is 10.1. The van der Waals surface area contributed by atoms with Gasteiger partial charge in [-0.3, -0.25) is 14.2 Å². The third-order valence-corrected chi connectivity index (χ3v) is 7.26. The van der Waals surface area contributed by atoms with Crippen LogP contribution in [0.15, 0.2) is 65.6 Å². The van der Waals surface area contributed by atoms with E-state index in [0.29, 0.717) is 26.2 Å². The van der Waals surface area contributed by atoms with E-state index in [2.05, 4.69) is 5.32 Å². The number of para-hydroxylation sites is 1. The van der Waals surface area contributed by atoms with Crippen molar-refractivity contribution in [3.63, 3.8) is 0 Å². The predicted octanol–water partition coefficient (Wildman–Crippen LogP) is 2.86. The molecule has 2 heterocycles. The highest BCUT2D eigenvalue weighted by molar-refractivity contribution is 7.07. The van der Waals surface area contributed by atoms with Gasteiger partial charge in [-0.15, -0.1) is 11.3 Å². The van der Waals surface area contributed by atoms with Crippen molar-refractivity contribution in [2.45, 2.75) is 39.8 Å². The fourth-order valence-electron chi connectivity index (χ4n) is 3.96. The molecular formula is C30H32N4O5S. The quantitative estimate of drug-likeness (QED) is 0.299. The van der Waals surface area contributed by atoms with Crippen LogP contribution < -0.4 is 24.8 Å². The average molecular weight is 561 g/mol. The highest BCUT2D eigenvalue weighted by Crippen LogP contribution is 2.26. The maximum Gasteiger partial charge on any atom is 0.333 e. The van der Waals surface area contributed by atoms with Gasteiger partial charge in [-0.2, -0.15) is 5.10 Å². The van der Waals surface area contributed by atoms with Gasteiger partial charge in [0.2, 0.25) is 5.91 Å². The third-order valence-electron chi connectivity index (χ3n) is 6.20. The van der Waals surface area contributed by atoms with E-state index in [-0.39, 0.29) is 30.7 Å². The molecule has 2 aromatic heterocycles. The molecule has 40 heavy (non-hydrogen) atoms. The summed E-state index contributed by atoms with van der Waals surface area (Å²) >= 11 is 1.12. The molecule has 2 aromatic carbocycles. The Balaban J connectivity index is 1.87. The van der Waals surface area contributed by atoms with Crippen LogP contribution in [-0.4, -0.2) is 46.0 Å². The zero-order valence-corrected chi connectivity index (χ0v) is 23.7. The molecule has 0 spiro atoms. The van der Waals surface area contributed by atoms with Crippen LogP contribution in [0.1, 0.15) is 32.8 Å². The van der Waals surface area contributed by atoms with E-state index in [0.717, 1.165) is 29.0 Å². The van der Waals surface area contributed by atoms with Crippen LogP contribution in [0, 0.1) is 0 Å². The Morgan fingerprint density at radius 2 is 1.82 bits per heavy atom. The normalized spacial score (nSPS) is 12.8. The molecule has 4 rings (SSSR count). The van der Waals surface area contributed by atoms with Gasteiger partial charge < -0.3 is 14.8 Å². The van der Waals surface area contributed by atoms with E-state index in [1.54, 1.807) is 24.8 Å². The third kappa shape index (κ3) is 6.76. The molecule has 0 aliphatic rings. The molecule has 208 valence electrons. The fraction of sp³-hybridized carbons (Fsp3) is 0.267. The number of thiazole rings is 1. The lowest BCUT2D eigenvalue weighted by atomic mass is 10.1. The Morgan fingerprint density at radius 1 is 1.10 bits per heavy atom. The molecular weight excluding hydrogens is 528 g/mol. The van der Waals surface area contributed by atoms with E-state index in [9.17, 15) is 14.4 Å². The second-order valence-electron chi connectivity index (χ2n) is 9.06. The summed E-state index contributed by atoms with van der Waals surface area (Å²) in [5, 5.41) is 7.69. The lowest BCUT2D eigenvalue weighted by Crippen LogP contribution is -2.41. The van der Waals surface area contributed by atoms with Gasteiger partial charge in [0.15, 0.2) is 0 Å². The van der Waals surface area contributed by atoms with Gasteiger partial charge >= 0.3 is 5.97 Å². The van der Waals surface area contributed by atoms with Gasteiger partial charge in [-0.25, -0.2) is 9.48 Å². The predicted molar refractivity (Wildman–Crippen MR) is 156 cm³/mol. The molecule has 0 aliphatic heterocycles. The summed E-state index contributed by atoms with van der Waals surface area (Å²) in [6.07, 6.45) is 5.60. The van der Waals surface area contributed by atoms with Crippen molar-refractivity contribution < 1.29 is 19.1 Å². The number of methoxy groups -OCH3 is 1. The summed E-state index contributed by atoms with van der Waals surface area (Å²) in [5.41, 5.74) is 2.68. The smallest absolute Gasteiger partial charge is 0.333 e. The molecule has 0 unspecified atom stereocenters. The zero-order valence-electron chi connectivity index (χ0n) is 22.9. The van der Waals surface area contributed by atoms with Gasteiger partial charge in [-0.05, 0) is 62.7 Å². The number of esters is 1. The lowest BCUT2D eigenvalue weighted by Gasteiger charge is -2.11. The van der Waals surface area contributed by atoms with E-state index in [1.165, 1.54) is 10.6 Å². The van der Waals surface area contributed by atoms with Crippen LogP contribution in [0.2, 0.25) is 0 Å². The largest absolute Gasteiger partial charge is 0.497 e. The number of carbonyl (C=O) groups excluding carboxylic acids is 2. The minimum absolute atomic E-state index is 0.0405. The molecule has 1 amide bonds. The summed E-state index contributed by atoms with van der Waals surface area (Å²) in [7, 11) is 1.61. The highest BCUT2D eigenvalue weighted by atomic mass is 32.1. The number of nitrogens with zero attached hydrogens (tertiary/aromatic N) is 3. The lowest BCUT2D eigenvalue weighted by molar-refractivity contribution is -0.135. The molecule has 0 saturated heterocycles. The molecule has 0 bridgehead atoms. The minimum Gasteiger partial charge on any atom is -0.497 e. The Kier molecular flexibility index (Phi) is 9.34. The zero-order chi connectivity index (χ0) is 28.6. The van der Waals surface area contributed by atoms with Crippen molar-refractivity contribution in [3.05, 3.63) is 85.9 Å². The number of carbonyl (C=O) groups is 2. The molecule has 0 fully saturated rings. The van der Waals surface area contributed by atoms with Crippen molar-refractivity contribution in [1.29, 1.82) is 0 Å². The van der Waals surface area contributed by atoms with Gasteiger partial charge in [0, 0.05) is 23.4 Å². The Labute approximate surface area is 236 Å². The average Bonchev–Trinajstić information content (AvgIpc) is 3.50. The Morgan fingerprint density at radius 3 is 2.48 bits per heavy atom. The summed E-state index contributed by atoms with van der Waals surface area (Å²) in [5.74, 6) is -0.176. The molecule has 10 heteroatoms. The number of amides is 1. The van der Waals surface area contributed by atoms with Gasteiger partial charge in [0.05, 0.1) is 30.0 Å². The van der Waals surface area contributed by atoms with Crippen molar-refractivity contribution in [3.8, 4) is 22.7 Å². The van der Waals surface area contributed by atoms with Crippen molar-refractivity contribution in [2.24, 2.45) is 0 Å². The van der Waals surface area contributed by atoms with E-state index in [1.807, 2.05) is 74.6 Å². The summed E-state index contributed by atoms with van der Waals surface area (Å²) < 4.78 is 14.1. The van der Waals surface area contributed by atoms with Gasteiger partial charge in [-0.1, -0.05) is 25.1 Å². The minimum atomic E-state index is -0.581. The summed E-state index contributed by atoms with van der Waals surface area (Å²) in [6.45, 7) is 5.54. The van der Waals surface area contributed by atoms with Crippen LogP contribution in [0.4, 0.5) is 0 Å². The number of ether oxygens (including phenoxy) is 2. The first-order valence-corrected chi connectivity index (χ1v) is 13.8. The van der Waals surface area contributed by atoms with E-state index >= 15 is 0 Å². The number of nitrogens with one attached hydrogen (secondary N) is 1. The maximum absolute atomic E-state index is 13.6. The van der Waals surface area contributed by atoms with Crippen molar-refractivity contribution in [1.82, 2.24) is 19.7 Å². The molecule has 0 saturated carbocycles. The number of hydrogen-bond acceptors (Lipinski definition) is 7. The van der Waals surface area contributed by atoms with E-state index < -0.39 is 5.97 Å². The standard InChI is InChI=1S/C30H32N4O5S/c1-5-20(3)31-26(35)19-33-27(17-28(36)39-6-2)40-25(30(33)37)16-22-18-34(23-10-8-7-9-11-23)32-29(22)21-12-14-24(38-4)15-13-21/h7-18,20H,5-6,19H2,1-4H3,(H,31,35)/b25-16-,27-17-/t20-/m1/s1. The van der Waals surface area contributed by atoms with Gasteiger partial charge in [0.1, 0.15) is 22.7 Å². The fourth-order valence-corrected chi connectivity index (χ4v) is 4.99. The monoisotopic (exact) mass is 560 g/mol. The second kappa shape index (κ2) is 13.1. The topological polar surface area (TPSA) is 104 Å². The summed E-state index contributed by atoms with van der Waals surface area (Å²) in [6, 6.07) is 17.1. The molecule has 4 aromatic rings. The number of aromatic nitrogens is 3. The van der Waals surface area contributed by atoms with Crippen LogP contribution in [0.25, 0.3) is 29.1 Å². The van der Waals surface area contributed by atoms with Crippen molar-refractivity contribution in [2.75, 3.05) is 13.7 Å². The Bertz CT molecular complexity index is 1650. The molecule has 0 radical (unpaired) electrons. The maximum atomic E-state index is 13.6. The number of benzene rings is 2. The van der Waals surface area contributed by atoms with Crippen LogP contribution >= 0.6 is 11.3 Å². The van der Waals surface area contributed by atoms with Gasteiger partial charge in [0.25, 0.3) is 5.56 Å². The molecule has 9 nitrogen and oxygen atoms in total. The first kappa shape index (κ1) is 28.6. The number of rotatable bonds is 10. The summed E-state index contributed by atoms with van der Waals surface area (Å²) in [4.78, 5) is 38.5. The van der Waals surface area contributed by atoms with Crippen LogP contribution in [0.3, 0.4) is 0 Å². The van der Waals surface area contributed by atoms with E-state index in [4.69, 9.17) is 14.6 Å². The van der Waals surface area contributed by atoms with Crippen LogP contribution in [-0.2, 0) is 20.9 Å². The molecule has 1 atom stereocenters. The van der Waals surface area contributed by atoms with Crippen molar-refractivity contribution >= 4 is 35.4 Å². The molecule has 0 aliphatic carbocycles. The number of hydrogen-bond donors (Lipinski definition) is 1.